The number of hydrogen-bond donors (Lipinski definition) is 2. The molecule has 1 heterocycles. The zero-order valence-corrected chi connectivity index (χ0v) is 11.6. The number of rotatable bonds is 4. The van der Waals surface area contributed by atoms with Crippen molar-refractivity contribution >= 4 is 5.97 Å². The predicted octanol–water partition coefficient (Wildman–Crippen LogP) is 1.87. The van der Waals surface area contributed by atoms with Gasteiger partial charge in [0.1, 0.15) is 5.54 Å². The van der Waals surface area contributed by atoms with E-state index >= 15 is 0 Å². The van der Waals surface area contributed by atoms with Gasteiger partial charge in [-0.05, 0) is 11.1 Å². The molecule has 1 saturated heterocycles. The number of aliphatic carboxylic acids is 1. The van der Waals surface area contributed by atoms with Crippen molar-refractivity contribution in [2.45, 2.75) is 11.6 Å². The fourth-order valence-corrected chi connectivity index (χ4v) is 2.88. The molecule has 21 heavy (non-hydrogen) atoms. The molecule has 0 radical (unpaired) electrons. The summed E-state index contributed by atoms with van der Waals surface area (Å²) >= 11 is 0. The molecule has 0 atom stereocenters. The van der Waals surface area contributed by atoms with E-state index in [2.05, 4.69) is 29.2 Å². The van der Waals surface area contributed by atoms with Gasteiger partial charge in [-0.15, -0.1) is 0 Å². The van der Waals surface area contributed by atoms with E-state index in [1.54, 1.807) is 0 Å². The molecule has 3 N–H and O–H groups in total. The van der Waals surface area contributed by atoms with Gasteiger partial charge in [0.25, 0.3) is 0 Å². The van der Waals surface area contributed by atoms with Crippen LogP contribution in [0.5, 0.6) is 0 Å². The van der Waals surface area contributed by atoms with Crippen molar-refractivity contribution in [1.29, 1.82) is 0 Å². The largest absolute Gasteiger partial charge is 0.480 e. The van der Waals surface area contributed by atoms with E-state index in [0.29, 0.717) is 13.1 Å². The highest BCUT2D eigenvalue weighted by Crippen LogP contribution is 2.34. The molecule has 0 amide bonds. The fraction of sp³-hybridized carbons (Fsp3) is 0.235. The van der Waals surface area contributed by atoms with E-state index in [9.17, 15) is 9.90 Å². The Kier molecular flexibility index (Phi) is 3.49. The number of benzene rings is 2. The number of carboxylic acid groups (broad SMARTS) is 1. The van der Waals surface area contributed by atoms with Crippen molar-refractivity contribution in [1.82, 2.24) is 4.90 Å². The first-order chi connectivity index (χ1) is 10.1. The third-order valence-corrected chi connectivity index (χ3v) is 3.99. The fourth-order valence-electron chi connectivity index (χ4n) is 2.88. The molecule has 108 valence electrons. The Labute approximate surface area is 123 Å². The minimum atomic E-state index is -1.12. The van der Waals surface area contributed by atoms with Crippen molar-refractivity contribution in [2.24, 2.45) is 5.73 Å². The lowest BCUT2D eigenvalue weighted by Gasteiger charge is -2.48. The average molecular weight is 282 g/mol. The summed E-state index contributed by atoms with van der Waals surface area (Å²) in [6.45, 7) is 0.716. The number of nitrogens with two attached hydrogens (primary N) is 1. The summed E-state index contributed by atoms with van der Waals surface area (Å²) < 4.78 is 0. The van der Waals surface area contributed by atoms with E-state index in [1.807, 2.05) is 36.4 Å². The van der Waals surface area contributed by atoms with Crippen molar-refractivity contribution in [3.8, 4) is 0 Å². The Morgan fingerprint density at radius 1 is 1.00 bits per heavy atom. The van der Waals surface area contributed by atoms with Crippen LogP contribution in [0.2, 0.25) is 0 Å². The van der Waals surface area contributed by atoms with Gasteiger partial charge in [0.05, 0.1) is 6.04 Å². The maximum Gasteiger partial charge on any atom is 0.326 e. The van der Waals surface area contributed by atoms with Crippen molar-refractivity contribution in [3.63, 3.8) is 0 Å². The van der Waals surface area contributed by atoms with Crippen LogP contribution in [0.3, 0.4) is 0 Å². The third kappa shape index (κ3) is 2.55. The van der Waals surface area contributed by atoms with Crippen molar-refractivity contribution < 1.29 is 9.90 Å². The molecule has 0 bridgehead atoms. The summed E-state index contributed by atoms with van der Waals surface area (Å²) in [7, 11) is 0. The highest BCUT2D eigenvalue weighted by molar-refractivity contribution is 5.80. The highest BCUT2D eigenvalue weighted by Gasteiger charge is 2.48. The molecule has 1 aliphatic rings. The number of likely N-dealkylation sites (tertiary alicyclic amines) is 1. The van der Waals surface area contributed by atoms with Crippen LogP contribution >= 0.6 is 0 Å². The third-order valence-electron chi connectivity index (χ3n) is 3.99. The lowest BCUT2D eigenvalue weighted by Crippen LogP contribution is -2.71. The van der Waals surface area contributed by atoms with Crippen LogP contribution in [0.4, 0.5) is 0 Å². The van der Waals surface area contributed by atoms with Gasteiger partial charge in [0.2, 0.25) is 0 Å². The molecule has 3 rings (SSSR count). The van der Waals surface area contributed by atoms with Crippen LogP contribution in [-0.2, 0) is 4.79 Å². The highest BCUT2D eigenvalue weighted by atomic mass is 16.4. The standard InChI is InChI=1S/C17H18N2O2/c18-17(16(20)21)11-19(12-17)15(13-7-3-1-4-8-13)14-9-5-2-6-10-14/h1-10,15H,11-12,18H2,(H,20,21). The van der Waals surface area contributed by atoms with E-state index in [1.165, 1.54) is 0 Å². The summed E-state index contributed by atoms with van der Waals surface area (Å²) in [5.74, 6) is -0.932. The Morgan fingerprint density at radius 3 is 1.81 bits per heavy atom. The van der Waals surface area contributed by atoms with Gasteiger partial charge in [-0.1, -0.05) is 60.7 Å². The molecule has 0 aliphatic carbocycles. The molecule has 0 saturated carbocycles. The van der Waals surface area contributed by atoms with Crippen LogP contribution in [0.25, 0.3) is 0 Å². The quantitative estimate of drug-likeness (QED) is 0.898. The van der Waals surface area contributed by atoms with Crippen LogP contribution < -0.4 is 5.73 Å². The normalized spacial score (nSPS) is 17.4. The molecule has 4 heteroatoms. The van der Waals surface area contributed by atoms with Crippen molar-refractivity contribution in [2.75, 3.05) is 13.1 Å². The first kappa shape index (κ1) is 13.8. The summed E-state index contributed by atoms with van der Waals surface area (Å²) in [6.07, 6.45) is 0. The molecular weight excluding hydrogens is 264 g/mol. The molecule has 0 unspecified atom stereocenters. The van der Waals surface area contributed by atoms with Gasteiger partial charge in [-0.25, -0.2) is 0 Å². The van der Waals surface area contributed by atoms with Gasteiger partial charge >= 0.3 is 5.97 Å². The number of carbonyl (C=O) groups is 1. The maximum atomic E-state index is 11.2. The summed E-state index contributed by atoms with van der Waals surface area (Å²) in [6, 6.07) is 20.3. The lowest BCUT2D eigenvalue weighted by atomic mass is 9.85. The summed E-state index contributed by atoms with van der Waals surface area (Å²) in [5, 5.41) is 9.18. The maximum absolute atomic E-state index is 11.2. The summed E-state index contributed by atoms with van der Waals surface area (Å²) in [4.78, 5) is 13.3. The smallest absolute Gasteiger partial charge is 0.326 e. The Morgan fingerprint density at radius 2 is 1.43 bits per heavy atom. The number of carboxylic acids is 1. The number of nitrogens with zero attached hydrogens (tertiary/aromatic N) is 1. The first-order valence-corrected chi connectivity index (χ1v) is 6.96. The zero-order valence-electron chi connectivity index (χ0n) is 11.6. The van der Waals surface area contributed by atoms with E-state index in [0.717, 1.165) is 11.1 Å². The van der Waals surface area contributed by atoms with Gasteiger partial charge in [-0.2, -0.15) is 0 Å². The molecule has 0 aromatic heterocycles. The van der Waals surface area contributed by atoms with Gasteiger partial charge in [0, 0.05) is 13.1 Å². The van der Waals surface area contributed by atoms with E-state index in [4.69, 9.17) is 5.73 Å². The molecule has 1 aliphatic heterocycles. The molecule has 0 spiro atoms. The van der Waals surface area contributed by atoms with Gasteiger partial charge in [-0.3, -0.25) is 9.69 Å². The summed E-state index contributed by atoms with van der Waals surface area (Å²) in [5.41, 5.74) is 7.06. The molecule has 2 aromatic rings. The van der Waals surface area contributed by atoms with Gasteiger partial charge < -0.3 is 10.8 Å². The van der Waals surface area contributed by atoms with Crippen LogP contribution in [0.15, 0.2) is 60.7 Å². The predicted molar refractivity (Wildman–Crippen MR) is 80.9 cm³/mol. The van der Waals surface area contributed by atoms with Crippen LogP contribution in [0, 0.1) is 0 Å². The van der Waals surface area contributed by atoms with Crippen LogP contribution in [-0.4, -0.2) is 34.6 Å². The van der Waals surface area contributed by atoms with Crippen LogP contribution in [0.1, 0.15) is 17.2 Å². The van der Waals surface area contributed by atoms with E-state index < -0.39 is 11.5 Å². The Bertz CT molecular complexity index is 582. The lowest BCUT2D eigenvalue weighted by molar-refractivity contribution is -0.151. The minimum absolute atomic E-state index is 0.0448. The van der Waals surface area contributed by atoms with E-state index in [-0.39, 0.29) is 6.04 Å². The minimum Gasteiger partial charge on any atom is -0.480 e. The Hall–Kier alpha value is -2.17. The number of hydrogen-bond acceptors (Lipinski definition) is 3. The second-order valence-electron chi connectivity index (χ2n) is 5.59. The Balaban J connectivity index is 1.91. The van der Waals surface area contributed by atoms with Crippen molar-refractivity contribution in [3.05, 3.63) is 71.8 Å². The molecule has 2 aromatic carbocycles. The molecular formula is C17H18N2O2. The zero-order chi connectivity index (χ0) is 14.9. The SMILES string of the molecule is NC1(C(=O)O)CN(C(c2ccccc2)c2ccccc2)C1. The molecule has 1 fully saturated rings. The molecule has 4 nitrogen and oxygen atoms in total. The topological polar surface area (TPSA) is 66.6 Å². The second-order valence-corrected chi connectivity index (χ2v) is 5.59. The van der Waals surface area contributed by atoms with Gasteiger partial charge in [0.15, 0.2) is 0 Å². The monoisotopic (exact) mass is 282 g/mol. The first-order valence-electron chi connectivity index (χ1n) is 6.96. The second kappa shape index (κ2) is 5.31. The average Bonchev–Trinajstić information content (AvgIpc) is 2.47.